The van der Waals surface area contributed by atoms with Crippen molar-refractivity contribution in [1.82, 2.24) is 29.4 Å². The summed E-state index contributed by atoms with van der Waals surface area (Å²) in [5, 5.41) is 3.15. The summed E-state index contributed by atoms with van der Waals surface area (Å²) in [6.07, 6.45) is 8.80. The average Bonchev–Trinajstić information content (AvgIpc) is 3.43. The Bertz CT molecular complexity index is 1690. The molecule has 0 aliphatic carbocycles. The number of aryl methyl sites for hydroxylation is 3. The van der Waals surface area contributed by atoms with E-state index in [4.69, 9.17) is 9.97 Å². The molecule has 0 atom stereocenters. The van der Waals surface area contributed by atoms with E-state index in [1.807, 2.05) is 59.1 Å². The molecule has 1 aliphatic rings. The first kappa shape index (κ1) is 25.4. The fraction of sp³-hybridized carbons (Fsp3) is 0.219. The molecule has 2 aromatic carbocycles. The van der Waals surface area contributed by atoms with E-state index < -0.39 is 0 Å². The maximum Gasteiger partial charge on any atom is 0.322 e. The van der Waals surface area contributed by atoms with Crippen LogP contribution in [-0.4, -0.2) is 42.0 Å². The third-order valence-electron chi connectivity index (χ3n) is 7.32. The van der Waals surface area contributed by atoms with Gasteiger partial charge in [-0.2, -0.15) is 0 Å². The Hall–Kier alpha value is -4.85. The highest BCUT2D eigenvalue weighted by atomic mass is 16.2. The maximum absolute atomic E-state index is 13.6. The van der Waals surface area contributed by atoms with Crippen LogP contribution >= 0.6 is 0 Å². The predicted octanol–water partition coefficient (Wildman–Crippen LogP) is 6.07. The van der Waals surface area contributed by atoms with E-state index in [1.54, 1.807) is 18.7 Å². The van der Waals surface area contributed by atoms with E-state index in [0.29, 0.717) is 25.3 Å². The number of aromatic nitrogens is 5. The number of rotatable bonds is 5. The van der Waals surface area contributed by atoms with Crippen molar-refractivity contribution < 1.29 is 4.79 Å². The van der Waals surface area contributed by atoms with Gasteiger partial charge >= 0.3 is 6.03 Å². The summed E-state index contributed by atoms with van der Waals surface area (Å²) in [4.78, 5) is 34.1. The Balaban J connectivity index is 1.32. The van der Waals surface area contributed by atoms with Gasteiger partial charge in [0.2, 0.25) is 0 Å². The monoisotopic (exact) mass is 529 g/mol. The van der Waals surface area contributed by atoms with Crippen molar-refractivity contribution in [1.29, 1.82) is 0 Å². The molecule has 1 N–H and O–H groups in total. The second kappa shape index (κ2) is 10.7. The van der Waals surface area contributed by atoms with Gasteiger partial charge in [-0.25, -0.2) is 19.7 Å². The van der Waals surface area contributed by atoms with Crippen LogP contribution in [0.15, 0.2) is 79.5 Å². The lowest BCUT2D eigenvalue weighted by Crippen LogP contribution is -2.39. The number of fused-ring (bicyclic) bond motifs is 1. The lowest BCUT2D eigenvalue weighted by molar-refractivity contribution is 0.206. The van der Waals surface area contributed by atoms with Gasteiger partial charge in [0.25, 0.3) is 0 Å². The van der Waals surface area contributed by atoms with Crippen molar-refractivity contribution in [3.8, 4) is 33.9 Å². The summed E-state index contributed by atoms with van der Waals surface area (Å²) in [6.45, 7) is 5.19. The Morgan fingerprint density at radius 2 is 1.93 bits per heavy atom. The number of urea groups is 1. The van der Waals surface area contributed by atoms with Gasteiger partial charge in [0.15, 0.2) is 5.82 Å². The highest BCUT2D eigenvalue weighted by Crippen LogP contribution is 2.33. The van der Waals surface area contributed by atoms with Gasteiger partial charge in [0.05, 0.1) is 30.0 Å². The molecule has 2 amide bonds. The van der Waals surface area contributed by atoms with Crippen LogP contribution in [0.5, 0.6) is 0 Å². The van der Waals surface area contributed by atoms with Crippen molar-refractivity contribution in [2.24, 2.45) is 7.05 Å². The van der Waals surface area contributed by atoms with E-state index in [-0.39, 0.29) is 6.03 Å². The van der Waals surface area contributed by atoms with Crippen LogP contribution in [-0.2, 0) is 26.4 Å². The molecular formula is C32H31N7O. The number of imidazole rings is 1. The first-order valence-corrected chi connectivity index (χ1v) is 13.5. The minimum Gasteiger partial charge on any atom is -0.340 e. The van der Waals surface area contributed by atoms with Gasteiger partial charge in [-0.3, -0.25) is 4.98 Å². The van der Waals surface area contributed by atoms with Crippen molar-refractivity contribution in [2.75, 3.05) is 11.9 Å². The van der Waals surface area contributed by atoms with Crippen LogP contribution < -0.4 is 5.32 Å². The standard InChI is InChI=1S/C32H31N7O/c1-4-22-14-24(29-19-38(3)20-34-29)16-25(15-22)35-32(40)39-13-11-28-27(18-39)30(26-10-6-5-8-21(26)2)37-31(36-28)23-9-7-12-33-17-23/h5-10,12,14-17,19-20H,4,11,13,18H2,1-3H3,(H,35,40). The lowest BCUT2D eigenvalue weighted by atomic mass is 9.96. The molecule has 1 aliphatic heterocycles. The molecule has 40 heavy (non-hydrogen) atoms. The largest absolute Gasteiger partial charge is 0.340 e. The topological polar surface area (TPSA) is 88.8 Å². The average molecular weight is 530 g/mol. The number of amides is 2. The van der Waals surface area contributed by atoms with Crippen LogP contribution in [0.3, 0.4) is 0 Å². The van der Waals surface area contributed by atoms with Crippen LogP contribution in [0.1, 0.15) is 29.3 Å². The Labute approximate surface area is 233 Å². The zero-order valence-corrected chi connectivity index (χ0v) is 22.9. The second-order valence-electron chi connectivity index (χ2n) is 10.2. The van der Waals surface area contributed by atoms with E-state index >= 15 is 0 Å². The summed E-state index contributed by atoms with van der Waals surface area (Å²) in [5.74, 6) is 0.654. The van der Waals surface area contributed by atoms with E-state index in [2.05, 4.69) is 47.3 Å². The molecule has 0 saturated heterocycles. The van der Waals surface area contributed by atoms with Crippen LogP contribution in [0.2, 0.25) is 0 Å². The zero-order valence-electron chi connectivity index (χ0n) is 22.9. The highest BCUT2D eigenvalue weighted by molar-refractivity contribution is 5.90. The third kappa shape index (κ3) is 5.08. The summed E-state index contributed by atoms with van der Waals surface area (Å²) in [7, 11) is 1.95. The maximum atomic E-state index is 13.6. The van der Waals surface area contributed by atoms with Crippen LogP contribution in [0, 0.1) is 6.92 Å². The molecule has 0 spiro atoms. The lowest BCUT2D eigenvalue weighted by Gasteiger charge is -2.30. The number of anilines is 1. The first-order valence-electron chi connectivity index (χ1n) is 13.5. The number of carbonyl (C=O) groups excluding carboxylic acids is 1. The number of hydrogen-bond acceptors (Lipinski definition) is 5. The smallest absolute Gasteiger partial charge is 0.322 e. The van der Waals surface area contributed by atoms with E-state index in [0.717, 1.165) is 62.6 Å². The summed E-state index contributed by atoms with van der Waals surface area (Å²) in [6, 6.07) is 18.1. The molecule has 3 aromatic heterocycles. The molecule has 8 nitrogen and oxygen atoms in total. The fourth-order valence-corrected chi connectivity index (χ4v) is 5.15. The van der Waals surface area contributed by atoms with Gasteiger partial charge < -0.3 is 14.8 Å². The Morgan fingerprint density at radius 3 is 2.67 bits per heavy atom. The number of benzene rings is 2. The third-order valence-corrected chi connectivity index (χ3v) is 7.32. The zero-order chi connectivity index (χ0) is 27.6. The summed E-state index contributed by atoms with van der Waals surface area (Å²) >= 11 is 0. The summed E-state index contributed by atoms with van der Waals surface area (Å²) < 4.78 is 1.92. The molecule has 0 fully saturated rings. The number of pyridine rings is 1. The molecule has 4 heterocycles. The van der Waals surface area contributed by atoms with E-state index in [9.17, 15) is 4.79 Å². The summed E-state index contributed by atoms with van der Waals surface area (Å²) in [5.41, 5.74) is 9.64. The normalized spacial score (nSPS) is 12.7. The molecule has 0 radical (unpaired) electrons. The van der Waals surface area contributed by atoms with Gasteiger partial charge in [0, 0.05) is 66.5 Å². The quantitative estimate of drug-likeness (QED) is 0.299. The Kier molecular flexibility index (Phi) is 6.82. The van der Waals surface area contributed by atoms with Crippen LogP contribution in [0.4, 0.5) is 10.5 Å². The minimum absolute atomic E-state index is 0.141. The Morgan fingerprint density at radius 1 is 1.05 bits per heavy atom. The number of nitrogens with zero attached hydrogens (tertiary/aromatic N) is 6. The van der Waals surface area contributed by atoms with Gasteiger partial charge in [0.1, 0.15) is 0 Å². The molecule has 8 heteroatoms. The van der Waals surface area contributed by atoms with Crippen molar-refractivity contribution >= 4 is 11.7 Å². The number of hydrogen-bond donors (Lipinski definition) is 1. The minimum atomic E-state index is -0.141. The first-order chi connectivity index (χ1) is 19.5. The van der Waals surface area contributed by atoms with Gasteiger partial charge in [-0.1, -0.05) is 31.2 Å². The van der Waals surface area contributed by atoms with E-state index in [1.165, 1.54) is 0 Å². The fourth-order valence-electron chi connectivity index (χ4n) is 5.15. The molecular weight excluding hydrogens is 498 g/mol. The number of nitrogens with one attached hydrogen (secondary N) is 1. The molecule has 0 saturated carbocycles. The molecule has 5 aromatic rings. The highest BCUT2D eigenvalue weighted by Gasteiger charge is 2.27. The molecule has 200 valence electrons. The predicted molar refractivity (Wildman–Crippen MR) is 157 cm³/mol. The molecule has 0 unspecified atom stereocenters. The van der Waals surface area contributed by atoms with Gasteiger partial charge in [-0.05, 0) is 54.8 Å². The SMILES string of the molecule is CCc1cc(NC(=O)N2CCc3nc(-c4cccnc4)nc(-c4ccccc4C)c3C2)cc(-c2cn(C)cn2)c1. The van der Waals surface area contributed by atoms with Crippen molar-refractivity contribution in [2.45, 2.75) is 33.2 Å². The van der Waals surface area contributed by atoms with Crippen molar-refractivity contribution in [3.05, 3.63) is 102 Å². The molecule has 0 bridgehead atoms. The second-order valence-corrected chi connectivity index (χ2v) is 10.2. The van der Waals surface area contributed by atoms with Gasteiger partial charge in [-0.15, -0.1) is 0 Å². The van der Waals surface area contributed by atoms with Crippen molar-refractivity contribution in [3.63, 3.8) is 0 Å². The number of carbonyl (C=O) groups is 1. The molecule has 6 rings (SSSR count). The van der Waals surface area contributed by atoms with Crippen LogP contribution in [0.25, 0.3) is 33.9 Å².